The fourth-order valence-electron chi connectivity index (χ4n) is 1.67. The molecular formula is C13H11BrFN3O2. The van der Waals surface area contributed by atoms with Crippen LogP contribution in [0.4, 0.5) is 15.9 Å². The Bertz CT molecular complexity index is 664. The summed E-state index contributed by atoms with van der Waals surface area (Å²) in [4.78, 5) is 14.4. The fraction of sp³-hybridized carbons (Fsp3) is 0.154. The van der Waals surface area contributed by atoms with Gasteiger partial charge < -0.3 is 5.32 Å². The Labute approximate surface area is 123 Å². The molecule has 0 radical (unpaired) electrons. The summed E-state index contributed by atoms with van der Waals surface area (Å²) in [7, 11) is 0. The third-order valence-corrected chi connectivity index (χ3v) is 3.51. The van der Waals surface area contributed by atoms with Crippen LogP contribution in [0.1, 0.15) is 11.1 Å². The number of nitrogens with one attached hydrogen (secondary N) is 1. The van der Waals surface area contributed by atoms with Crippen molar-refractivity contribution in [2.45, 2.75) is 13.5 Å². The van der Waals surface area contributed by atoms with Crippen LogP contribution >= 0.6 is 15.9 Å². The van der Waals surface area contributed by atoms with Crippen molar-refractivity contribution in [1.82, 2.24) is 4.98 Å². The average molecular weight is 340 g/mol. The maximum Gasteiger partial charge on any atom is 0.277 e. The predicted molar refractivity (Wildman–Crippen MR) is 77.1 cm³/mol. The highest BCUT2D eigenvalue weighted by Crippen LogP contribution is 2.22. The molecule has 20 heavy (non-hydrogen) atoms. The van der Waals surface area contributed by atoms with Crippen LogP contribution in [-0.4, -0.2) is 9.91 Å². The molecule has 1 N–H and O–H groups in total. The second-order valence-electron chi connectivity index (χ2n) is 4.20. The molecule has 0 unspecified atom stereocenters. The van der Waals surface area contributed by atoms with E-state index in [4.69, 9.17) is 0 Å². The Hall–Kier alpha value is -2.02. The molecule has 0 spiro atoms. The number of pyridine rings is 1. The van der Waals surface area contributed by atoms with Gasteiger partial charge >= 0.3 is 0 Å². The molecular weight excluding hydrogens is 329 g/mol. The van der Waals surface area contributed by atoms with Gasteiger partial charge in [-0.15, -0.1) is 0 Å². The average Bonchev–Trinajstić information content (AvgIpc) is 2.41. The molecule has 0 bridgehead atoms. The Morgan fingerprint density at radius 1 is 1.45 bits per heavy atom. The summed E-state index contributed by atoms with van der Waals surface area (Å²) in [5, 5.41) is 13.8. The first-order chi connectivity index (χ1) is 9.47. The van der Waals surface area contributed by atoms with Gasteiger partial charge in [-0.05, 0) is 30.7 Å². The molecule has 1 aromatic carbocycles. The van der Waals surface area contributed by atoms with E-state index in [2.05, 4.69) is 26.2 Å². The van der Waals surface area contributed by atoms with Crippen LogP contribution in [-0.2, 0) is 6.54 Å². The SMILES string of the molecule is Cc1cnc(NCc2cc(F)ccc2Br)cc1[N+](=O)[O-]. The zero-order valence-electron chi connectivity index (χ0n) is 10.6. The van der Waals surface area contributed by atoms with E-state index in [0.717, 1.165) is 4.47 Å². The largest absolute Gasteiger partial charge is 0.366 e. The molecule has 0 aliphatic rings. The number of nitrogens with zero attached hydrogens (tertiary/aromatic N) is 2. The highest BCUT2D eigenvalue weighted by molar-refractivity contribution is 9.10. The first-order valence-electron chi connectivity index (χ1n) is 5.76. The lowest BCUT2D eigenvalue weighted by Crippen LogP contribution is -2.04. The smallest absolute Gasteiger partial charge is 0.277 e. The van der Waals surface area contributed by atoms with Crippen LogP contribution in [0.5, 0.6) is 0 Å². The van der Waals surface area contributed by atoms with Crippen LogP contribution in [0.2, 0.25) is 0 Å². The first kappa shape index (κ1) is 14.4. The third-order valence-electron chi connectivity index (χ3n) is 2.74. The van der Waals surface area contributed by atoms with Crippen molar-refractivity contribution in [3.8, 4) is 0 Å². The Morgan fingerprint density at radius 2 is 2.20 bits per heavy atom. The minimum absolute atomic E-state index is 0.000748. The molecule has 104 valence electrons. The molecule has 1 aromatic heterocycles. The van der Waals surface area contributed by atoms with Gasteiger partial charge in [-0.2, -0.15) is 0 Å². The molecule has 2 rings (SSSR count). The lowest BCUT2D eigenvalue weighted by Gasteiger charge is -2.08. The molecule has 5 nitrogen and oxygen atoms in total. The summed E-state index contributed by atoms with van der Waals surface area (Å²) in [6, 6.07) is 5.71. The Balaban J connectivity index is 2.17. The molecule has 1 heterocycles. The van der Waals surface area contributed by atoms with E-state index in [-0.39, 0.29) is 11.5 Å². The number of aromatic nitrogens is 1. The molecule has 0 aliphatic carbocycles. The summed E-state index contributed by atoms with van der Waals surface area (Å²) in [6.07, 6.45) is 1.43. The zero-order chi connectivity index (χ0) is 14.7. The highest BCUT2D eigenvalue weighted by atomic mass is 79.9. The minimum Gasteiger partial charge on any atom is -0.366 e. The van der Waals surface area contributed by atoms with Gasteiger partial charge in [0.05, 0.1) is 11.0 Å². The van der Waals surface area contributed by atoms with Crippen molar-refractivity contribution in [3.63, 3.8) is 0 Å². The quantitative estimate of drug-likeness (QED) is 0.679. The van der Waals surface area contributed by atoms with Crippen LogP contribution in [0.25, 0.3) is 0 Å². The van der Waals surface area contributed by atoms with Crippen LogP contribution in [0.3, 0.4) is 0 Å². The fourth-order valence-corrected chi connectivity index (χ4v) is 2.06. The van der Waals surface area contributed by atoms with E-state index < -0.39 is 4.92 Å². The summed E-state index contributed by atoms with van der Waals surface area (Å²) >= 11 is 3.32. The topological polar surface area (TPSA) is 68.1 Å². The summed E-state index contributed by atoms with van der Waals surface area (Å²) in [6.45, 7) is 1.93. The summed E-state index contributed by atoms with van der Waals surface area (Å²) < 4.78 is 13.9. The number of halogens is 2. The van der Waals surface area contributed by atoms with Crippen LogP contribution in [0, 0.1) is 22.9 Å². The maximum atomic E-state index is 13.1. The van der Waals surface area contributed by atoms with Crippen molar-refractivity contribution in [1.29, 1.82) is 0 Å². The molecule has 0 fully saturated rings. The van der Waals surface area contributed by atoms with Crippen molar-refractivity contribution >= 4 is 27.4 Å². The second-order valence-corrected chi connectivity index (χ2v) is 5.06. The van der Waals surface area contributed by atoms with E-state index in [9.17, 15) is 14.5 Å². The lowest BCUT2D eigenvalue weighted by molar-refractivity contribution is -0.385. The molecule has 7 heteroatoms. The van der Waals surface area contributed by atoms with Gasteiger partial charge in [0.15, 0.2) is 0 Å². The van der Waals surface area contributed by atoms with E-state index >= 15 is 0 Å². The molecule has 0 saturated carbocycles. The Morgan fingerprint density at radius 3 is 2.90 bits per heavy atom. The van der Waals surface area contributed by atoms with Gasteiger partial charge in [0.1, 0.15) is 11.6 Å². The van der Waals surface area contributed by atoms with Gasteiger partial charge in [0.25, 0.3) is 5.69 Å². The lowest BCUT2D eigenvalue weighted by atomic mass is 10.2. The van der Waals surface area contributed by atoms with Crippen molar-refractivity contribution < 1.29 is 9.31 Å². The third kappa shape index (κ3) is 3.30. The summed E-state index contributed by atoms with van der Waals surface area (Å²) in [5.41, 5.74) is 1.20. The van der Waals surface area contributed by atoms with Gasteiger partial charge in [-0.25, -0.2) is 9.37 Å². The number of hydrogen-bond acceptors (Lipinski definition) is 4. The second kappa shape index (κ2) is 5.96. The molecule has 0 amide bonds. The maximum absolute atomic E-state index is 13.1. The number of rotatable bonds is 4. The monoisotopic (exact) mass is 339 g/mol. The molecule has 0 saturated heterocycles. The first-order valence-corrected chi connectivity index (χ1v) is 6.55. The highest BCUT2D eigenvalue weighted by Gasteiger charge is 2.12. The van der Waals surface area contributed by atoms with E-state index in [1.807, 2.05) is 0 Å². The van der Waals surface area contributed by atoms with Gasteiger partial charge in [-0.3, -0.25) is 10.1 Å². The standard InChI is InChI=1S/C13H11BrFN3O2/c1-8-6-16-13(5-12(8)18(19)20)17-7-9-4-10(15)2-3-11(9)14/h2-6H,7H2,1H3,(H,16,17). The van der Waals surface area contributed by atoms with E-state index in [0.29, 0.717) is 23.5 Å². The predicted octanol–water partition coefficient (Wildman–Crippen LogP) is 3.81. The minimum atomic E-state index is -0.458. The van der Waals surface area contributed by atoms with Crippen molar-refractivity contribution in [2.75, 3.05) is 5.32 Å². The van der Waals surface area contributed by atoms with Gasteiger partial charge in [-0.1, -0.05) is 15.9 Å². The molecule has 0 aliphatic heterocycles. The number of anilines is 1. The zero-order valence-corrected chi connectivity index (χ0v) is 12.1. The van der Waals surface area contributed by atoms with Crippen molar-refractivity contribution in [3.05, 3.63) is 62.0 Å². The van der Waals surface area contributed by atoms with Crippen LogP contribution < -0.4 is 5.32 Å². The van der Waals surface area contributed by atoms with Gasteiger partial charge in [0, 0.05) is 22.8 Å². The normalized spacial score (nSPS) is 10.3. The van der Waals surface area contributed by atoms with E-state index in [1.54, 1.807) is 13.0 Å². The van der Waals surface area contributed by atoms with Gasteiger partial charge in [0.2, 0.25) is 0 Å². The molecule has 0 atom stereocenters. The number of benzene rings is 1. The van der Waals surface area contributed by atoms with Crippen LogP contribution in [0.15, 0.2) is 34.9 Å². The number of hydrogen-bond donors (Lipinski definition) is 1. The van der Waals surface area contributed by atoms with Crippen molar-refractivity contribution in [2.24, 2.45) is 0 Å². The number of aryl methyl sites for hydroxylation is 1. The van der Waals surface area contributed by atoms with E-state index in [1.165, 1.54) is 24.4 Å². The number of nitro groups is 1. The summed E-state index contributed by atoms with van der Waals surface area (Å²) in [5.74, 6) is 0.0336. The molecule has 2 aromatic rings. The Kier molecular flexibility index (Phi) is 4.29.